The lowest BCUT2D eigenvalue weighted by Gasteiger charge is -2.15. The number of carbonyl (C=O) groups is 1. The summed E-state index contributed by atoms with van der Waals surface area (Å²) in [5, 5.41) is 2.84. The first kappa shape index (κ1) is 17.7. The van der Waals surface area contributed by atoms with Crippen molar-refractivity contribution in [3.63, 3.8) is 0 Å². The fourth-order valence-corrected chi connectivity index (χ4v) is 2.05. The van der Waals surface area contributed by atoms with Crippen LogP contribution in [-0.4, -0.2) is 32.3 Å². The van der Waals surface area contributed by atoms with Gasteiger partial charge in [-0.1, -0.05) is 23.8 Å². The summed E-state index contributed by atoms with van der Waals surface area (Å²) in [7, 11) is 1.58. The van der Waals surface area contributed by atoms with Crippen molar-refractivity contribution in [3.05, 3.63) is 54.1 Å². The second-order valence-electron chi connectivity index (χ2n) is 5.56. The molecular formula is C19H23NO4. The van der Waals surface area contributed by atoms with E-state index in [-0.39, 0.29) is 18.6 Å². The lowest BCUT2D eigenvalue weighted by atomic mass is 10.2. The SMILES string of the molecule is COc1cccc(OCC(=O)N[C@@H](C)COc2ccc(C)cc2)c1. The molecule has 2 aromatic rings. The largest absolute Gasteiger partial charge is 0.497 e. The Morgan fingerprint density at radius 3 is 2.46 bits per heavy atom. The van der Waals surface area contributed by atoms with E-state index in [9.17, 15) is 4.79 Å². The zero-order valence-electron chi connectivity index (χ0n) is 14.2. The molecule has 128 valence electrons. The van der Waals surface area contributed by atoms with Crippen LogP contribution in [0.3, 0.4) is 0 Å². The van der Waals surface area contributed by atoms with Crippen LogP contribution in [0.15, 0.2) is 48.5 Å². The van der Waals surface area contributed by atoms with Gasteiger partial charge in [-0.25, -0.2) is 0 Å². The van der Waals surface area contributed by atoms with Gasteiger partial charge in [0, 0.05) is 6.07 Å². The minimum atomic E-state index is -0.196. The van der Waals surface area contributed by atoms with Gasteiger partial charge in [0.15, 0.2) is 6.61 Å². The van der Waals surface area contributed by atoms with Crippen LogP contribution in [-0.2, 0) is 4.79 Å². The quantitative estimate of drug-likeness (QED) is 0.809. The van der Waals surface area contributed by atoms with Crippen molar-refractivity contribution < 1.29 is 19.0 Å². The second kappa shape index (κ2) is 8.82. The number of methoxy groups -OCH3 is 1. The summed E-state index contributed by atoms with van der Waals surface area (Å²) in [6, 6.07) is 14.8. The summed E-state index contributed by atoms with van der Waals surface area (Å²) in [6.45, 7) is 4.25. The molecule has 1 atom stereocenters. The minimum Gasteiger partial charge on any atom is -0.497 e. The first-order valence-electron chi connectivity index (χ1n) is 7.82. The first-order chi connectivity index (χ1) is 11.6. The predicted molar refractivity (Wildman–Crippen MR) is 92.8 cm³/mol. The molecule has 2 aromatic carbocycles. The van der Waals surface area contributed by atoms with Crippen LogP contribution >= 0.6 is 0 Å². The summed E-state index contributed by atoms with van der Waals surface area (Å²) in [5.74, 6) is 1.87. The maximum atomic E-state index is 11.9. The summed E-state index contributed by atoms with van der Waals surface area (Å²) < 4.78 is 16.2. The molecule has 0 spiro atoms. The highest BCUT2D eigenvalue weighted by Crippen LogP contribution is 2.18. The maximum Gasteiger partial charge on any atom is 0.258 e. The van der Waals surface area contributed by atoms with E-state index in [4.69, 9.17) is 14.2 Å². The zero-order chi connectivity index (χ0) is 17.4. The topological polar surface area (TPSA) is 56.8 Å². The van der Waals surface area contributed by atoms with E-state index >= 15 is 0 Å². The molecule has 0 aliphatic carbocycles. The lowest BCUT2D eigenvalue weighted by molar-refractivity contribution is -0.123. The molecule has 0 saturated carbocycles. The Bertz CT molecular complexity index is 655. The monoisotopic (exact) mass is 329 g/mol. The number of nitrogens with one attached hydrogen (secondary N) is 1. The van der Waals surface area contributed by atoms with Gasteiger partial charge in [-0.15, -0.1) is 0 Å². The number of benzene rings is 2. The molecule has 0 saturated heterocycles. The Morgan fingerprint density at radius 2 is 1.75 bits per heavy atom. The minimum absolute atomic E-state index is 0.0535. The van der Waals surface area contributed by atoms with Crippen LogP contribution in [0.25, 0.3) is 0 Å². The molecule has 0 unspecified atom stereocenters. The zero-order valence-corrected chi connectivity index (χ0v) is 14.2. The van der Waals surface area contributed by atoms with Crippen LogP contribution in [0.2, 0.25) is 0 Å². The molecule has 2 rings (SSSR count). The number of carbonyl (C=O) groups excluding carboxylic acids is 1. The third kappa shape index (κ3) is 5.83. The highest BCUT2D eigenvalue weighted by Gasteiger charge is 2.09. The van der Waals surface area contributed by atoms with E-state index in [0.717, 1.165) is 5.75 Å². The third-order valence-corrected chi connectivity index (χ3v) is 3.34. The first-order valence-corrected chi connectivity index (χ1v) is 7.82. The van der Waals surface area contributed by atoms with E-state index in [1.807, 2.05) is 50.2 Å². The average Bonchev–Trinajstić information content (AvgIpc) is 2.59. The van der Waals surface area contributed by atoms with Gasteiger partial charge in [0.25, 0.3) is 5.91 Å². The van der Waals surface area contributed by atoms with E-state index in [1.165, 1.54) is 5.56 Å². The molecule has 0 aliphatic heterocycles. The molecule has 1 amide bonds. The van der Waals surface area contributed by atoms with Crippen molar-refractivity contribution in [3.8, 4) is 17.2 Å². The highest BCUT2D eigenvalue weighted by atomic mass is 16.5. The molecule has 0 heterocycles. The van der Waals surface area contributed by atoms with Crippen LogP contribution in [0.5, 0.6) is 17.2 Å². The number of ether oxygens (including phenoxy) is 3. The van der Waals surface area contributed by atoms with E-state index in [1.54, 1.807) is 19.2 Å². The number of rotatable bonds is 8. The van der Waals surface area contributed by atoms with E-state index in [2.05, 4.69) is 5.32 Å². The van der Waals surface area contributed by atoms with Gasteiger partial charge < -0.3 is 19.5 Å². The van der Waals surface area contributed by atoms with Gasteiger partial charge in [0.1, 0.15) is 23.9 Å². The Hall–Kier alpha value is -2.69. The van der Waals surface area contributed by atoms with Gasteiger partial charge in [-0.3, -0.25) is 4.79 Å². The average molecular weight is 329 g/mol. The summed E-state index contributed by atoms with van der Waals surface area (Å²) in [4.78, 5) is 11.9. The van der Waals surface area contributed by atoms with Crippen molar-refractivity contribution >= 4 is 5.91 Å². The molecule has 5 heteroatoms. The van der Waals surface area contributed by atoms with Crippen molar-refractivity contribution in [2.24, 2.45) is 0 Å². The molecule has 5 nitrogen and oxygen atoms in total. The normalized spacial score (nSPS) is 11.5. The summed E-state index contributed by atoms with van der Waals surface area (Å²) in [6.07, 6.45) is 0. The Kier molecular flexibility index (Phi) is 6.49. The number of hydrogen-bond acceptors (Lipinski definition) is 4. The van der Waals surface area contributed by atoms with Crippen LogP contribution in [0.1, 0.15) is 12.5 Å². The van der Waals surface area contributed by atoms with E-state index < -0.39 is 0 Å². The van der Waals surface area contributed by atoms with Gasteiger partial charge >= 0.3 is 0 Å². The molecule has 0 radical (unpaired) electrons. The highest BCUT2D eigenvalue weighted by molar-refractivity contribution is 5.77. The van der Waals surface area contributed by atoms with Crippen molar-refractivity contribution in [1.82, 2.24) is 5.32 Å². The third-order valence-electron chi connectivity index (χ3n) is 3.34. The fraction of sp³-hybridized carbons (Fsp3) is 0.316. The number of aryl methyl sites for hydroxylation is 1. The van der Waals surface area contributed by atoms with Crippen LogP contribution in [0, 0.1) is 6.92 Å². The number of hydrogen-bond donors (Lipinski definition) is 1. The standard InChI is InChI=1S/C19H23NO4/c1-14-7-9-16(10-8-14)23-12-15(2)20-19(21)13-24-18-6-4-5-17(11-18)22-3/h4-11,15H,12-13H2,1-3H3,(H,20,21)/t15-/m0/s1. The van der Waals surface area contributed by atoms with Crippen molar-refractivity contribution in [2.45, 2.75) is 19.9 Å². The molecule has 1 N–H and O–H groups in total. The molecule has 0 fully saturated rings. The summed E-state index contributed by atoms with van der Waals surface area (Å²) >= 11 is 0. The van der Waals surface area contributed by atoms with Gasteiger partial charge in [-0.05, 0) is 38.1 Å². The number of amides is 1. The maximum absolute atomic E-state index is 11.9. The van der Waals surface area contributed by atoms with Crippen molar-refractivity contribution in [2.75, 3.05) is 20.3 Å². The Morgan fingerprint density at radius 1 is 1.04 bits per heavy atom. The lowest BCUT2D eigenvalue weighted by Crippen LogP contribution is -2.39. The van der Waals surface area contributed by atoms with Crippen LogP contribution in [0.4, 0.5) is 0 Å². The molecular weight excluding hydrogens is 306 g/mol. The smallest absolute Gasteiger partial charge is 0.258 e. The molecule has 0 bridgehead atoms. The second-order valence-corrected chi connectivity index (χ2v) is 5.56. The van der Waals surface area contributed by atoms with Gasteiger partial charge in [-0.2, -0.15) is 0 Å². The molecule has 0 aromatic heterocycles. The Balaban J connectivity index is 1.71. The predicted octanol–water partition coefficient (Wildman–Crippen LogP) is 2.97. The van der Waals surface area contributed by atoms with Gasteiger partial charge in [0.2, 0.25) is 0 Å². The van der Waals surface area contributed by atoms with Crippen LogP contribution < -0.4 is 19.5 Å². The molecule has 24 heavy (non-hydrogen) atoms. The van der Waals surface area contributed by atoms with E-state index in [0.29, 0.717) is 18.1 Å². The fourth-order valence-electron chi connectivity index (χ4n) is 2.05. The molecule has 0 aliphatic rings. The van der Waals surface area contributed by atoms with Crippen molar-refractivity contribution in [1.29, 1.82) is 0 Å². The summed E-state index contributed by atoms with van der Waals surface area (Å²) in [5.41, 5.74) is 1.18. The van der Waals surface area contributed by atoms with Gasteiger partial charge in [0.05, 0.1) is 13.2 Å². The Labute approximate surface area is 142 Å².